The van der Waals surface area contributed by atoms with Crippen molar-refractivity contribution in [2.45, 2.75) is 136 Å². The molecule has 0 saturated carbocycles. The monoisotopic (exact) mass is 894 g/mol. The Balaban J connectivity index is 1.67. The highest BCUT2D eigenvalue weighted by Crippen LogP contribution is 2.38. The summed E-state index contributed by atoms with van der Waals surface area (Å²) in [6, 6.07) is 14.5. The molecule has 6 atom stereocenters. The standard InChI is InChI=1S/C49H71N3O12/c1-8-12-22-58-46-25-40(64-31-37(55)28-61-34(7)15-11-4)18-21-43(46)49-51-47(41-19-16-38(23-44(41)56)62-29-35(53)26-59-32(5)13-9-2)50-48(52-49)42-20-17-39(24-45(42)57)63-30-36(54)27-60-33(6)14-10-3/h16-21,23-25,32-37,53-57H,8-15,22,26-31H2,1-7H3. The number of aromatic nitrogens is 3. The van der Waals surface area contributed by atoms with Crippen LogP contribution in [0.3, 0.4) is 0 Å². The second-order valence-electron chi connectivity index (χ2n) is 16.2. The van der Waals surface area contributed by atoms with Gasteiger partial charge in [-0.3, -0.25) is 0 Å². The van der Waals surface area contributed by atoms with E-state index in [-0.39, 0.29) is 98.1 Å². The van der Waals surface area contributed by atoms with E-state index in [1.807, 2.05) is 20.8 Å². The molecule has 0 aliphatic rings. The van der Waals surface area contributed by atoms with Crippen LogP contribution in [0.15, 0.2) is 54.6 Å². The lowest BCUT2D eigenvalue weighted by atomic mass is 10.1. The van der Waals surface area contributed by atoms with Gasteiger partial charge in [0.05, 0.1) is 61.4 Å². The van der Waals surface area contributed by atoms with E-state index in [0.29, 0.717) is 35.2 Å². The molecule has 4 aromatic rings. The van der Waals surface area contributed by atoms with Gasteiger partial charge in [0, 0.05) is 18.2 Å². The molecule has 0 aliphatic heterocycles. The highest BCUT2D eigenvalue weighted by Gasteiger charge is 2.21. The SMILES string of the molecule is CCCCOc1cc(OCC(O)COC(C)CCC)ccc1-c1nc(-c2ccc(OCC(O)COC(C)CCC)cc2O)nc(-c2ccc(OCC(O)COC(C)CCC)cc2O)n1. The van der Waals surface area contributed by atoms with Gasteiger partial charge in [-0.25, -0.2) is 15.0 Å². The Hall–Kier alpha value is -4.77. The molecule has 1 heterocycles. The summed E-state index contributed by atoms with van der Waals surface area (Å²) < 4.78 is 41.0. The number of ether oxygens (including phenoxy) is 7. The minimum absolute atomic E-state index is 0.000420. The largest absolute Gasteiger partial charge is 0.507 e. The van der Waals surface area contributed by atoms with Crippen LogP contribution in [0.2, 0.25) is 0 Å². The smallest absolute Gasteiger partial charge is 0.167 e. The first-order valence-corrected chi connectivity index (χ1v) is 22.8. The molecule has 0 saturated heterocycles. The van der Waals surface area contributed by atoms with E-state index in [4.69, 9.17) is 48.1 Å². The van der Waals surface area contributed by atoms with Crippen molar-refractivity contribution in [1.29, 1.82) is 0 Å². The van der Waals surface area contributed by atoms with Crippen LogP contribution >= 0.6 is 0 Å². The lowest BCUT2D eigenvalue weighted by molar-refractivity contribution is -0.0209. The van der Waals surface area contributed by atoms with Gasteiger partial charge >= 0.3 is 0 Å². The minimum atomic E-state index is -0.873. The molecule has 4 rings (SSSR count). The number of hydrogen-bond acceptors (Lipinski definition) is 15. The fourth-order valence-corrected chi connectivity index (χ4v) is 6.56. The average molecular weight is 894 g/mol. The zero-order valence-electron chi connectivity index (χ0n) is 38.7. The highest BCUT2D eigenvalue weighted by molar-refractivity contribution is 5.74. The second kappa shape index (κ2) is 27.5. The van der Waals surface area contributed by atoms with Gasteiger partial charge in [0.2, 0.25) is 0 Å². The number of phenols is 2. The fraction of sp³-hybridized carbons (Fsp3) is 0.571. The molecule has 0 amide bonds. The van der Waals surface area contributed by atoms with E-state index in [9.17, 15) is 25.5 Å². The van der Waals surface area contributed by atoms with Gasteiger partial charge in [0.15, 0.2) is 17.5 Å². The molecule has 15 heteroatoms. The number of unbranched alkanes of at least 4 members (excludes halogenated alkanes) is 1. The van der Waals surface area contributed by atoms with Crippen LogP contribution < -0.4 is 18.9 Å². The number of benzene rings is 3. The third kappa shape index (κ3) is 17.3. The lowest BCUT2D eigenvalue weighted by Crippen LogP contribution is -2.26. The molecule has 64 heavy (non-hydrogen) atoms. The Morgan fingerprint density at radius 1 is 0.453 bits per heavy atom. The Bertz CT molecular complexity index is 1870. The molecule has 1 aromatic heterocycles. The highest BCUT2D eigenvalue weighted by atomic mass is 16.5. The summed E-state index contributed by atoms with van der Waals surface area (Å²) in [6.07, 6.45) is 4.74. The predicted molar refractivity (Wildman–Crippen MR) is 245 cm³/mol. The summed E-state index contributed by atoms with van der Waals surface area (Å²) in [5.74, 6) is 1.44. The molecule has 0 aliphatic carbocycles. The Labute approximate surface area is 378 Å². The van der Waals surface area contributed by atoms with Gasteiger partial charge in [-0.05, 0) is 82.9 Å². The molecule has 0 fully saturated rings. The van der Waals surface area contributed by atoms with Crippen molar-refractivity contribution in [2.75, 3.05) is 46.2 Å². The third-order valence-corrected chi connectivity index (χ3v) is 10.1. The van der Waals surface area contributed by atoms with E-state index in [0.717, 1.165) is 51.4 Å². The number of aliphatic hydroxyl groups is 3. The zero-order valence-corrected chi connectivity index (χ0v) is 38.7. The van der Waals surface area contributed by atoms with Crippen molar-refractivity contribution in [1.82, 2.24) is 15.0 Å². The van der Waals surface area contributed by atoms with E-state index >= 15 is 0 Å². The summed E-state index contributed by atoms with van der Waals surface area (Å²) in [7, 11) is 0. The fourth-order valence-electron chi connectivity index (χ4n) is 6.56. The van der Waals surface area contributed by atoms with E-state index < -0.39 is 18.3 Å². The number of aliphatic hydroxyl groups excluding tert-OH is 3. The van der Waals surface area contributed by atoms with Crippen molar-refractivity contribution in [3.8, 4) is 68.7 Å². The molecule has 3 aromatic carbocycles. The van der Waals surface area contributed by atoms with Crippen LogP contribution in [0.5, 0.6) is 34.5 Å². The van der Waals surface area contributed by atoms with Crippen molar-refractivity contribution in [2.24, 2.45) is 0 Å². The Kier molecular flexibility index (Phi) is 22.3. The van der Waals surface area contributed by atoms with Crippen molar-refractivity contribution < 1.29 is 58.7 Å². The van der Waals surface area contributed by atoms with Crippen LogP contribution in [0.4, 0.5) is 0 Å². The normalized spacial score (nSPS) is 14.3. The molecular weight excluding hydrogens is 823 g/mol. The first kappa shape index (κ1) is 51.9. The van der Waals surface area contributed by atoms with E-state index in [1.165, 1.54) is 12.1 Å². The number of rotatable bonds is 31. The van der Waals surface area contributed by atoms with Crippen LogP contribution in [0.1, 0.15) is 99.8 Å². The summed E-state index contributed by atoms with van der Waals surface area (Å²) >= 11 is 0. The summed E-state index contributed by atoms with van der Waals surface area (Å²) in [5, 5.41) is 54.2. The topological polar surface area (TPSA) is 204 Å². The molecule has 5 N–H and O–H groups in total. The first-order chi connectivity index (χ1) is 30.8. The van der Waals surface area contributed by atoms with Crippen molar-refractivity contribution >= 4 is 0 Å². The summed E-state index contributed by atoms with van der Waals surface area (Å²) in [5.41, 5.74) is 0.978. The van der Waals surface area contributed by atoms with Gasteiger partial charge in [0.1, 0.15) is 72.6 Å². The molecular formula is C49H71N3O12. The average Bonchev–Trinajstić information content (AvgIpc) is 3.27. The molecule has 0 radical (unpaired) electrons. The number of hydrogen-bond donors (Lipinski definition) is 5. The molecule has 0 spiro atoms. The lowest BCUT2D eigenvalue weighted by Gasteiger charge is -2.18. The van der Waals surface area contributed by atoms with E-state index in [2.05, 4.69) is 27.7 Å². The van der Waals surface area contributed by atoms with Crippen LogP contribution in [0.25, 0.3) is 34.2 Å². The molecule has 15 nitrogen and oxygen atoms in total. The van der Waals surface area contributed by atoms with Crippen LogP contribution in [-0.2, 0) is 14.2 Å². The van der Waals surface area contributed by atoms with Gasteiger partial charge < -0.3 is 58.7 Å². The minimum Gasteiger partial charge on any atom is -0.507 e. The summed E-state index contributed by atoms with van der Waals surface area (Å²) in [4.78, 5) is 14.3. The third-order valence-electron chi connectivity index (χ3n) is 10.1. The van der Waals surface area contributed by atoms with Gasteiger partial charge in [-0.15, -0.1) is 0 Å². The predicted octanol–water partition coefficient (Wildman–Crippen LogP) is 8.30. The maximum absolute atomic E-state index is 11.4. The van der Waals surface area contributed by atoms with E-state index in [1.54, 1.807) is 42.5 Å². The maximum atomic E-state index is 11.4. The zero-order chi connectivity index (χ0) is 46.4. The Morgan fingerprint density at radius 2 is 0.812 bits per heavy atom. The number of aromatic hydroxyl groups is 2. The Morgan fingerprint density at radius 3 is 1.17 bits per heavy atom. The number of nitrogens with zero attached hydrogens (tertiary/aromatic N) is 3. The first-order valence-electron chi connectivity index (χ1n) is 22.8. The van der Waals surface area contributed by atoms with Crippen molar-refractivity contribution in [3.05, 3.63) is 54.6 Å². The van der Waals surface area contributed by atoms with Crippen molar-refractivity contribution in [3.63, 3.8) is 0 Å². The van der Waals surface area contributed by atoms with Gasteiger partial charge in [-0.2, -0.15) is 0 Å². The van der Waals surface area contributed by atoms with Crippen LogP contribution in [-0.4, -0.2) is 123 Å². The maximum Gasteiger partial charge on any atom is 0.167 e. The summed E-state index contributed by atoms with van der Waals surface area (Å²) in [6.45, 7) is 14.8. The molecule has 0 bridgehead atoms. The van der Waals surface area contributed by atoms with Crippen LogP contribution in [0, 0.1) is 0 Å². The quantitative estimate of drug-likeness (QED) is 0.0302. The second-order valence-corrected chi connectivity index (χ2v) is 16.2. The van der Waals surface area contributed by atoms with Gasteiger partial charge in [0.25, 0.3) is 0 Å². The molecule has 354 valence electrons. The van der Waals surface area contributed by atoms with Gasteiger partial charge in [-0.1, -0.05) is 53.4 Å². The number of phenolic OH excluding ortho intramolecular Hbond substituents is 2. The molecule has 6 unspecified atom stereocenters.